The molecule has 0 unspecified atom stereocenters. The number of thiophene rings is 1. The molecular weight excluding hydrogens is 325 g/mol. The lowest BCUT2D eigenvalue weighted by Gasteiger charge is -2.09. The Labute approximate surface area is 124 Å². The van der Waals surface area contributed by atoms with Gasteiger partial charge in [-0.2, -0.15) is 0 Å². The van der Waals surface area contributed by atoms with Gasteiger partial charge in [-0.05, 0) is 29.8 Å². The number of sulfonamides is 1. The van der Waals surface area contributed by atoms with E-state index < -0.39 is 22.4 Å². The van der Waals surface area contributed by atoms with Gasteiger partial charge in [-0.1, -0.05) is 17.7 Å². The van der Waals surface area contributed by atoms with Crippen LogP contribution in [0.2, 0.25) is 4.34 Å². The summed E-state index contributed by atoms with van der Waals surface area (Å²) in [5, 5.41) is 9.13. The van der Waals surface area contributed by atoms with Crippen molar-refractivity contribution in [2.45, 2.75) is 18.0 Å². The summed E-state index contributed by atoms with van der Waals surface area (Å²) in [6.45, 7) is -0.428. The Balaban J connectivity index is 2.24. The molecule has 0 fully saturated rings. The van der Waals surface area contributed by atoms with Gasteiger partial charge in [0.2, 0.25) is 10.0 Å². The van der Waals surface area contributed by atoms with E-state index >= 15 is 0 Å². The second-order valence-electron chi connectivity index (χ2n) is 3.94. The van der Waals surface area contributed by atoms with Gasteiger partial charge < -0.3 is 5.11 Å². The molecule has 108 valence electrons. The Hall–Kier alpha value is -0.990. The lowest BCUT2D eigenvalue weighted by atomic mass is 10.2. The minimum Gasteiger partial charge on any atom is -0.392 e. The lowest BCUT2D eigenvalue weighted by molar-refractivity contribution is 0.278. The van der Waals surface area contributed by atoms with Gasteiger partial charge >= 0.3 is 0 Å². The van der Waals surface area contributed by atoms with Crippen molar-refractivity contribution in [3.63, 3.8) is 0 Å². The van der Waals surface area contributed by atoms with Crippen LogP contribution in [0.25, 0.3) is 0 Å². The number of aliphatic hydroxyl groups excluding tert-OH is 1. The molecule has 0 saturated heterocycles. The molecule has 0 aliphatic carbocycles. The number of hydrogen-bond donors (Lipinski definition) is 2. The largest absolute Gasteiger partial charge is 0.392 e. The molecule has 0 bridgehead atoms. The maximum atomic E-state index is 13.2. The van der Waals surface area contributed by atoms with E-state index in [2.05, 4.69) is 4.72 Å². The lowest BCUT2D eigenvalue weighted by Crippen LogP contribution is -2.24. The Morgan fingerprint density at radius 1 is 1.30 bits per heavy atom. The summed E-state index contributed by atoms with van der Waals surface area (Å²) in [4.78, 5) is 0.475. The van der Waals surface area contributed by atoms with Crippen molar-refractivity contribution in [3.05, 3.63) is 50.9 Å². The first kappa shape index (κ1) is 15.4. The Morgan fingerprint density at radius 3 is 2.65 bits per heavy atom. The predicted molar refractivity (Wildman–Crippen MR) is 75.7 cm³/mol. The summed E-state index contributed by atoms with van der Waals surface area (Å²) >= 11 is 7.01. The van der Waals surface area contributed by atoms with E-state index in [0.29, 0.717) is 4.34 Å². The van der Waals surface area contributed by atoms with Gasteiger partial charge in [-0.15, -0.1) is 11.3 Å². The van der Waals surface area contributed by atoms with E-state index in [0.717, 1.165) is 17.0 Å². The molecule has 2 rings (SSSR count). The normalized spacial score (nSPS) is 11.8. The van der Waals surface area contributed by atoms with Crippen molar-refractivity contribution in [1.29, 1.82) is 0 Å². The number of rotatable bonds is 5. The van der Waals surface area contributed by atoms with Crippen molar-refractivity contribution < 1.29 is 17.9 Å². The third-order valence-corrected chi connectivity index (χ3v) is 5.27. The standard InChI is InChI=1S/C12H11ClFNO3S2/c13-12-4-3-10(19-12)6-15-20(17,18)11-5-9(14)2-1-8(11)7-16/h1-5,15-16H,6-7H2. The Morgan fingerprint density at radius 2 is 2.05 bits per heavy atom. The second kappa shape index (κ2) is 6.19. The van der Waals surface area contributed by atoms with Crippen LogP contribution in [-0.4, -0.2) is 13.5 Å². The highest BCUT2D eigenvalue weighted by Gasteiger charge is 2.19. The van der Waals surface area contributed by atoms with Gasteiger partial charge in [-0.3, -0.25) is 0 Å². The predicted octanol–water partition coefficient (Wildman–Crippen LogP) is 2.51. The molecule has 0 saturated carbocycles. The third-order valence-electron chi connectivity index (χ3n) is 2.55. The molecule has 1 aromatic carbocycles. The van der Waals surface area contributed by atoms with Crippen molar-refractivity contribution >= 4 is 33.0 Å². The summed E-state index contributed by atoms with van der Waals surface area (Å²) in [7, 11) is -3.90. The van der Waals surface area contributed by atoms with Gasteiger partial charge in [0.15, 0.2) is 0 Å². The highest BCUT2D eigenvalue weighted by Crippen LogP contribution is 2.22. The summed E-state index contributed by atoms with van der Waals surface area (Å²) in [5.41, 5.74) is 0.142. The summed E-state index contributed by atoms with van der Waals surface area (Å²) in [6.07, 6.45) is 0. The summed E-state index contributed by atoms with van der Waals surface area (Å²) in [5.74, 6) is -0.679. The Bertz CT molecular complexity index is 715. The minimum atomic E-state index is -3.90. The number of aliphatic hydroxyl groups is 1. The number of nitrogens with one attached hydrogen (secondary N) is 1. The number of hydrogen-bond acceptors (Lipinski definition) is 4. The molecule has 0 radical (unpaired) electrons. The van der Waals surface area contributed by atoms with Gasteiger partial charge in [0.25, 0.3) is 0 Å². The number of benzene rings is 1. The zero-order valence-corrected chi connectivity index (χ0v) is 12.5. The van der Waals surface area contributed by atoms with Crippen LogP contribution in [0.3, 0.4) is 0 Å². The maximum absolute atomic E-state index is 13.2. The second-order valence-corrected chi connectivity index (χ2v) is 7.48. The van der Waals surface area contributed by atoms with Crippen molar-refractivity contribution in [2.75, 3.05) is 0 Å². The first-order valence-corrected chi connectivity index (χ1v) is 8.23. The van der Waals surface area contributed by atoms with Gasteiger partial charge in [0, 0.05) is 11.4 Å². The molecule has 0 aliphatic rings. The highest BCUT2D eigenvalue weighted by molar-refractivity contribution is 7.89. The molecule has 4 nitrogen and oxygen atoms in total. The first-order valence-electron chi connectivity index (χ1n) is 5.55. The smallest absolute Gasteiger partial charge is 0.241 e. The SMILES string of the molecule is O=S(=O)(NCc1ccc(Cl)s1)c1cc(F)ccc1CO. The van der Waals surface area contributed by atoms with Crippen LogP contribution in [0, 0.1) is 5.82 Å². The molecule has 1 aromatic heterocycles. The zero-order valence-electron chi connectivity index (χ0n) is 10.1. The summed E-state index contributed by atoms with van der Waals surface area (Å²) in [6, 6.07) is 6.59. The van der Waals surface area contributed by atoms with Crippen LogP contribution in [0.1, 0.15) is 10.4 Å². The zero-order chi connectivity index (χ0) is 14.8. The molecule has 0 spiro atoms. The van der Waals surface area contributed by atoms with Crippen LogP contribution in [0.4, 0.5) is 4.39 Å². The molecule has 20 heavy (non-hydrogen) atoms. The van der Waals surface area contributed by atoms with Crippen LogP contribution < -0.4 is 4.72 Å². The summed E-state index contributed by atoms with van der Waals surface area (Å²) < 4.78 is 40.4. The quantitative estimate of drug-likeness (QED) is 0.882. The van der Waals surface area contributed by atoms with E-state index in [9.17, 15) is 12.8 Å². The maximum Gasteiger partial charge on any atom is 0.241 e. The molecule has 2 aromatic rings. The van der Waals surface area contributed by atoms with Crippen molar-refractivity contribution in [1.82, 2.24) is 4.72 Å². The van der Waals surface area contributed by atoms with Crippen LogP contribution >= 0.6 is 22.9 Å². The van der Waals surface area contributed by atoms with E-state index in [4.69, 9.17) is 16.7 Å². The molecule has 0 atom stereocenters. The van der Waals surface area contributed by atoms with Gasteiger partial charge in [0.1, 0.15) is 5.82 Å². The van der Waals surface area contributed by atoms with Gasteiger partial charge in [0.05, 0.1) is 15.8 Å². The topological polar surface area (TPSA) is 66.4 Å². The molecule has 8 heteroatoms. The highest BCUT2D eigenvalue weighted by atomic mass is 35.5. The number of halogens is 2. The van der Waals surface area contributed by atoms with Crippen molar-refractivity contribution in [2.24, 2.45) is 0 Å². The molecule has 2 N–H and O–H groups in total. The monoisotopic (exact) mass is 335 g/mol. The molecular formula is C12H11ClFNO3S2. The average molecular weight is 336 g/mol. The minimum absolute atomic E-state index is 0.0566. The van der Waals surface area contributed by atoms with E-state index in [1.165, 1.54) is 17.4 Å². The van der Waals surface area contributed by atoms with Crippen LogP contribution in [0.15, 0.2) is 35.2 Å². The fourth-order valence-electron chi connectivity index (χ4n) is 1.60. The average Bonchev–Trinajstić information content (AvgIpc) is 2.82. The van der Waals surface area contributed by atoms with Crippen LogP contribution in [-0.2, 0) is 23.2 Å². The van der Waals surface area contributed by atoms with Crippen LogP contribution in [0.5, 0.6) is 0 Å². The third kappa shape index (κ3) is 3.56. The molecule has 0 aliphatic heterocycles. The fourth-order valence-corrected chi connectivity index (χ4v) is 3.96. The fraction of sp³-hybridized carbons (Fsp3) is 0.167. The van der Waals surface area contributed by atoms with Crippen molar-refractivity contribution in [3.8, 4) is 0 Å². The van der Waals surface area contributed by atoms with E-state index in [1.54, 1.807) is 12.1 Å². The molecule has 0 amide bonds. The van der Waals surface area contributed by atoms with E-state index in [1.807, 2.05) is 0 Å². The molecule has 1 heterocycles. The Kier molecular flexibility index (Phi) is 4.77. The van der Waals surface area contributed by atoms with Gasteiger partial charge in [-0.25, -0.2) is 17.5 Å². The first-order chi connectivity index (χ1) is 9.42. The van der Waals surface area contributed by atoms with E-state index in [-0.39, 0.29) is 17.0 Å².